The predicted octanol–water partition coefficient (Wildman–Crippen LogP) is 0.559. The molecule has 1 fully saturated rings. The van der Waals surface area contributed by atoms with Gasteiger partial charge in [-0.25, -0.2) is 4.98 Å². The average Bonchev–Trinajstić information content (AvgIpc) is 3.22. The third kappa shape index (κ3) is 4.46. The number of aliphatic hydroxyl groups is 3. The van der Waals surface area contributed by atoms with Crippen molar-refractivity contribution >= 4 is 30.5 Å². The second-order valence-electron chi connectivity index (χ2n) is 8.70. The minimum Gasteiger partial charge on any atom is -0.388 e. The van der Waals surface area contributed by atoms with Gasteiger partial charge in [0.1, 0.15) is 12.2 Å². The summed E-state index contributed by atoms with van der Waals surface area (Å²) in [5.41, 5.74) is 5.19. The second-order valence-corrected chi connectivity index (χ2v) is 10.9. The maximum atomic E-state index is 12.6. The first-order chi connectivity index (χ1) is 14.7. The van der Waals surface area contributed by atoms with Gasteiger partial charge in [0.05, 0.1) is 18.0 Å². The lowest BCUT2D eigenvalue weighted by molar-refractivity contribution is -0.0636. The molecule has 0 amide bonds. The van der Waals surface area contributed by atoms with E-state index in [1.165, 1.54) is 31.7 Å². The second kappa shape index (κ2) is 8.49. The summed E-state index contributed by atoms with van der Waals surface area (Å²) in [6.45, 7) is 5.87. The van der Waals surface area contributed by atoms with Crippen LogP contribution in [0.4, 0.5) is 11.8 Å². The molecular formula is C18H31N6O7P. The Morgan fingerprint density at radius 2 is 1.97 bits per heavy atom. The maximum Gasteiger partial charge on any atom is 0.359 e. The van der Waals surface area contributed by atoms with Crippen LogP contribution in [-0.4, -0.2) is 76.0 Å². The van der Waals surface area contributed by atoms with E-state index >= 15 is 0 Å². The lowest BCUT2D eigenvalue weighted by atomic mass is 9.97. The molecule has 3 heterocycles. The van der Waals surface area contributed by atoms with Gasteiger partial charge in [-0.3, -0.25) is 9.13 Å². The molecule has 14 heteroatoms. The number of nitrogens with two attached hydrogens (primary N) is 1. The highest BCUT2D eigenvalue weighted by Gasteiger charge is 2.50. The summed E-state index contributed by atoms with van der Waals surface area (Å²) in [5.74, 6) is 0.386. The van der Waals surface area contributed by atoms with Crippen LogP contribution in [0.15, 0.2) is 6.33 Å². The van der Waals surface area contributed by atoms with Crippen LogP contribution in [0.5, 0.6) is 0 Å². The lowest BCUT2D eigenvalue weighted by Gasteiger charge is -2.35. The van der Waals surface area contributed by atoms with E-state index in [2.05, 4.69) is 20.3 Å². The van der Waals surface area contributed by atoms with Crippen LogP contribution >= 0.6 is 7.60 Å². The van der Waals surface area contributed by atoms with E-state index in [1.807, 2.05) is 0 Å². The zero-order chi connectivity index (χ0) is 24.1. The molecule has 2 aromatic rings. The summed E-state index contributed by atoms with van der Waals surface area (Å²) in [5, 5.41) is 32.4. The first-order valence-corrected chi connectivity index (χ1v) is 11.8. The molecule has 0 radical (unpaired) electrons. The maximum absolute atomic E-state index is 12.6. The minimum atomic E-state index is -4.42. The fourth-order valence-corrected chi connectivity index (χ4v) is 4.92. The number of nitrogens with zero attached hydrogens (tertiary/aromatic N) is 4. The van der Waals surface area contributed by atoms with E-state index in [0.717, 1.165) is 0 Å². The van der Waals surface area contributed by atoms with Gasteiger partial charge in [0.2, 0.25) is 5.95 Å². The van der Waals surface area contributed by atoms with E-state index in [0.29, 0.717) is 17.0 Å². The van der Waals surface area contributed by atoms with Gasteiger partial charge in [-0.2, -0.15) is 9.97 Å². The first-order valence-electron chi connectivity index (χ1n) is 10.2. The highest BCUT2D eigenvalue weighted by Crippen LogP contribution is 2.58. The number of imidazole rings is 1. The van der Waals surface area contributed by atoms with Gasteiger partial charge >= 0.3 is 7.60 Å². The highest BCUT2D eigenvalue weighted by molar-refractivity contribution is 7.54. The Kier molecular flexibility index (Phi) is 6.57. The summed E-state index contributed by atoms with van der Waals surface area (Å²) in [7, 11) is -2.76. The number of ether oxygens (including phenoxy) is 1. The van der Waals surface area contributed by atoms with Crippen LogP contribution in [0.25, 0.3) is 11.2 Å². The SMILES string of the molecule is CCC(C)(O)P(=O)(O)OC(C)(C)CC1O[C@@H](n2cnc3c(NC)nc(N)nc32)[C@H](O)[C@@H]1O. The fourth-order valence-electron chi connectivity index (χ4n) is 3.58. The number of aromatic nitrogens is 4. The first kappa shape index (κ1) is 24.8. The molecule has 0 bridgehead atoms. The van der Waals surface area contributed by atoms with Gasteiger partial charge in [-0.15, -0.1) is 0 Å². The molecule has 32 heavy (non-hydrogen) atoms. The van der Waals surface area contributed by atoms with Crippen molar-refractivity contribution in [2.75, 3.05) is 18.1 Å². The summed E-state index contributed by atoms with van der Waals surface area (Å²) >= 11 is 0. The van der Waals surface area contributed by atoms with Gasteiger partial charge in [-0.1, -0.05) is 6.92 Å². The van der Waals surface area contributed by atoms with Crippen molar-refractivity contribution in [1.29, 1.82) is 0 Å². The van der Waals surface area contributed by atoms with Crippen LogP contribution in [-0.2, 0) is 13.8 Å². The fraction of sp³-hybridized carbons (Fsp3) is 0.722. The molecule has 0 aliphatic carbocycles. The molecule has 7 N–H and O–H groups in total. The summed E-state index contributed by atoms with van der Waals surface area (Å²) < 4.78 is 25.3. The minimum absolute atomic E-state index is 0.00744. The van der Waals surface area contributed by atoms with E-state index in [4.69, 9.17) is 15.0 Å². The number of nitrogens with one attached hydrogen (secondary N) is 1. The van der Waals surface area contributed by atoms with Crippen LogP contribution < -0.4 is 11.1 Å². The Morgan fingerprint density at radius 3 is 2.56 bits per heavy atom. The monoisotopic (exact) mass is 474 g/mol. The van der Waals surface area contributed by atoms with Crippen molar-refractivity contribution < 1.29 is 34.0 Å². The van der Waals surface area contributed by atoms with E-state index < -0.39 is 43.1 Å². The number of nitrogen functional groups attached to an aromatic ring is 1. The van der Waals surface area contributed by atoms with Crippen LogP contribution in [0.3, 0.4) is 0 Å². The van der Waals surface area contributed by atoms with Gasteiger partial charge < -0.3 is 40.5 Å². The summed E-state index contributed by atoms with van der Waals surface area (Å²) in [4.78, 5) is 22.7. The molecule has 1 saturated heterocycles. The highest BCUT2D eigenvalue weighted by atomic mass is 31.2. The number of hydrogen-bond donors (Lipinski definition) is 6. The molecule has 3 unspecified atom stereocenters. The number of hydrogen-bond acceptors (Lipinski definition) is 11. The normalized spacial score (nSPS) is 27.9. The third-order valence-corrected chi connectivity index (χ3v) is 7.90. The Labute approximate surface area is 185 Å². The van der Waals surface area contributed by atoms with Gasteiger partial charge in [-0.05, 0) is 27.2 Å². The van der Waals surface area contributed by atoms with Crippen LogP contribution in [0, 0.1) is 0 Å². The van der Waals surface area contributed by atoms with Crippen molar-refractivity contribution in [3.05, 3.63) is 6.33 Å². The molecular weight excluding hydrogens is 443 g/mol. The quantitative estimate of drug-likeness (QED) is 0.291. The zero-order valence-corrected chi connectivity index (χ0v) is 19.5. The third-order valence-electron chi connectivity index (χ3n) is 5.63. The summed E-state index contributed by atoms with van der Waals surface area (Å²) in [6, 6.07) is 0. The molecule has 0 saturated carbocycles. The molecule has 0 spiro atoms. The van der Waals surface area contributed by atoms with Crippen molar-refractivity contribution in [2.45, 2.75) is 76.0 Å². The Balaban J connectivity index is 1.84. The number of anilines is 2. The van der Waals surface area contributed by atoms with E-state index in [-0.39, 0.29) is 18.8 Å². The van der Waals surface area contributed by atoms with Crippen LogP contribution in [0.1, 0.15) is 46.8 Å². The molecule has 1 aliphatic heterocycles. The number of rotatable bonds is 8. The van der Waals surface area contributed by atoms with Crippen molar-refractivity contribution in [2.24, 2.45) is 0 Å². The average molecular weight is 474 g/mol. The molecule has 0 aromatic carbocycles. The van der Waals surface area contributed by atoms with Gasteiger partial charge in [0, 0.05) is 13.5 Å². The zero-order valence-electron chi connectivity index (χ0n) is 18.6. The Bertz CT molecular complexity index is 1030. The topological polar surface area (TPSA) is 198 Å². The molecule has 6 atom stereocenters. The predicted molar refractivity (Wildman–Crippen MR) is 116 cm³/mol. The molecule has 2 aromatic heterocycles. The molecule has 180 valence electrons. The van der Waals surface area contributed by atoms with Crippen molar-refractivity contribution in [1.82, 2.24) is 19.5 Å². The molecule has 13 nitrogen and oxygen atoms in total. The standard InChI is InChI=1S/C18H31N6O7P/c1-6-18(4,27)32(28,29)31-17(2,3)7-9-11(25)12(26)15(30-9)24-8-21-10-13(20-5)22-16(19)23-14(10)24/h8-9,11-12,15,25-27H,6-7H2,1-5H3,(H,28,29)(H3,19,20,22,23)/t9?,11-,12-,15-,18?/m1/s1. The van der Waals surface area contributed by atoms with Crippen molar-refractivity contribution in [3.63, 3.8) is 0 Å². The van der Waals surface area contributed by atoms with Crippen LogP contribution in [0.2, 0.25) is 0 Å². The van der Waals surface area contributed by atoms with E-state index in [9.17, 15) is 24.8 Å². The van der Waals surface area contributed by atoms with E-state index in [1.54, 1.807) is 14.0 Å². The summed E-state index contributed by atoms with van der Waals surface area (Å²) in [6.07, 6.45) is -3.31. The Morgan fingerprint density at radius 1 is 1.31 bits per heavy atom. The van der Waals surface area contributed by atoms with Gasteiger partial charge in [0.15, 0.2) is 28.6 Å². The number of aliphatic hydroxyl groups excluding tert-OH is 2. The van der Waals surface area contributed by atoms with Crippen molar-refractivity contribution in [3.8, 4) is 0 Å². The van der Waals surface area contributed by atoms with Gasteiger partial charge in [0.25, 0.3) is 0 Å². The smallest absolute Gasteiger partial charge is 0.359 e. The number of fused-ring (bicyclic) bond motifs is 1. The lowest BCUT2D eigenvalue weighted by Crippen LogP contribution is -2.38. The molecule has 1 aliphatic rings. The largest absolute Gasteiger partial charge is 0.388 e. The molecule has 3 rings (SSSR count). The Hall–Kier alpha value is -1.86.